The predicted octanol–water partition coefficient (Wildman–Crippen LogP) is 2.72. The van der Waals surface area contributed by atoms with Gasteiger partial charge in [0.15, 0.2) is 0 Å². The molecule has 0 aromatic heterocycles. The summed E-state index contributed by atoms with van der Waals surface area (Å²) in [6.07, 6.45) is 5.54. The first-order chi connectivity index (χ1) is 7.24. The van der Waals surface area contributed by atoms with Gasteiger partial charge in [0.2, 0.25) is 5.91 Å². The highest BCUT2D eigenvalue weighted by Crippen LogP contribution is 2.09. The molecule has 1 aromatic carbocycles. The molecule has 0 bridgehead atoms. The molecule has 81 valence electrons. The molecule has 0 heterocycles. The number of aryl methyl sites for hydroxylation is 1. The second-order valence-electron chi connectivity index (χ2n) is 3.73. The monoisotopic (exact) mass is 204 g/mol. The van der Waals surface area contributed by atoms with E-state index in [-0.39, 0.29) is 5.91 Å². The molecule has 2 nitrogen and oxygen atoms in total. The van der Waals surface area contributed by atoms with Crippen LogP contribution in [0.2, 0.25) is 0 Å². The van der Waals surface area contributed by atoms with Crippen LogP contribution >= 0.6 is 0 Å². The smallest absolute Gasteiger partial charge is 0.248 e. The lowest BCUT2D eigenvalue weighted by Crippen LogP contribution is -2.10. The molecule has 0 spiro atoms. The van der Waals surface area contributed by atoms with E-state index in [1.54, 1.807) is 6.07 Å². The largest absolute Gasteiger partial charge is 0.366 e. The zero-order valence-corrected chi connectivity index (χ0v) is 9.04. The number of carbonyl (C=O) groups is 1. The van der Waals surface area contributed by atoms with E-state index in [0.717, 1.165) is 19.3 Å². The summed E-state index contributed by atoms with van der Waals surface area (Å²) in [7, 11) is 0. The summed E-state index contributed by atoms with van der Waals surface area (Å²) >= 11 is 0. The Morgan fingerprint density at radius 3 is 2.73 bits per heavy atom. The van der Waals surface area contributed by atoms with Gasteiger partial charge in [-0.05, 0) is 30.5 Å². The number of primary amides is 1. The highest BCUT2D eigenvalue weighted by molar-refractivity contribution is 5.92. The molecule has 0 saturated carbocycles. The van der Waals surface area contributed by atoms with Crippen molar-refractivity contribution in [2.45, 2.75) is 32.1 Å². The standard InChI is InChI=1S/C13H18NO/c1-2-3-4-5-7-11-8-6-9-12(10-11)13(14)15/h6,8-10H,1-5,7H2,(H2,14,15). The van der Waals surface area contributed by atoms with Crippen LogP contribution < -0.4 is 5.73 Å². The Morgan fingerprint density at radius 2 is 2.07 bits per heavy atom. The Bertz CT molecular complexity index is 320. The van der Waals surface area contributed by atoms with E-state index in [4.69, 9.17) is 5.73 Å². The lowest BCUT2D eigenvalue weighted by Gasteiger charge is -2.02. The molecule has 2 N–H and O–H groups in total. The first-order valence-corrected chi connectivity index (χ1v) is 5.42. The van der Waals surface area contributed by atoms with Crippen molar-refractivity contribution in [1.29, 1.82) is 0 Å². The molecule has 0 aliphatic rings. The minimum absolute atomic E-state index is 0.352. The van der Waals surface area contributed by atoms with Crippen LogP contribution in [0.15, 0.2) is 24.3 Å². The van der Waals surface area contributed by atoms with Gasteiger partial charge in [0.05, 0.1) is 0 Å². The summed E-state index contributed by atoms with van der Waals surface area (Å²) in [6.45, 7) is 3.81. The lowest BCUT2D eigenvalue weighted by atomic mass is 10.0. The summed E-state index contributed by atoms with van der Waals surface area (Å²) < 4.78 is 0. The third kappa shape index (κ3) is 4.15. The number of nitrogens with two attached hydrogens (primary N) is 1. The summed E-state index contributed by atoms with van der Waals surface area (Å²) in [4.78, 5) is 10.9. The molecule has 0 aliphatic carbocycles. The summed E-state index contributed by atoms with van der Waals surface area (Å²) in [5.41, 5.74) is 7.00. The quantitative estimate of drug-likeness (QED) is 0.711. The molecule has 1 aromatic rings. The Balaban J connectivity index is 2.47. The van der Waals surface area contributed by atoms with E-state index in [0.29, 0.717) is 5.56 Å². The highest BCUT2D eigenvalue weighted by atomic mass is 16.1. The van der Waals surface area contributed by atoms with Gasteiger partial charge in [-0.1, -0.05) is 38.3 Å². The van der Waals surface area contributed by atoms with Crippen molar-refractivity contribution < 1.29 is 4.79 Å². The fourth-order valence-electron chi connectivity index (χ4n) is 1.56. The fraction of sp³-hybridized carbons (Fsp3) is 0.385. The number of benzene rings is 1. The lowest BCUT2D eigenvalue weighted by molar-refractivity contribution is 0.1000. The maximum Gasteiger partial charge on any atom is 0.248 e. The van der Waals surface area contributed by atoms with Crippen LogP contribution in [-0.2, 0) is 6.42 Å². The number of hydrogen-bond acceptors (Lipinski definition) is 1. The van der Waals surface area contributed by atoms with Crippen molar-refractivity contribution in [3.05, 3.63) is 42.3 Å². The van der Waals surface area contributed by atoms with E-state index in [1.807, 2.05) is 18.2 Å². The molecule has 0 unspecified atom stereocenters. The van der Waals surface area contributed by atoms with Crippen molar-refractivity contribution in [3.8, 4) is 0 Å². The van der Waals surface area contributed by atoms with Crippen LogP contribution in [0.1, 0.15) is 41.6 Å². The van der Waals surface area contributed by atoms with Crippen LogP contribution in [0.5, 0.6) is 0 Å². The maximum atomic E-state index is 10.9. The van der Waals surface area contributed by atoms with E-state index in [2.05, 4.69) is 6.92 Å². The van der Waals surface area contributed by atoms with Gasteiger partial charge in [-0.25, -0.2) is 0 Å². The third-order valence-electron chi connectivity index (χ3n) is 2.43. The molecule has 1 amide bonds. The van der Waals surface area contributed by atoms with Crippen LogP contribution in [0, 0.1) is 6.92 Å². The van der Waals surface area contributed by atoms with Crippen LogP contribution in [0.25, 0.3) is 0 Å². The van der Waals surface area contributed by atoms with Gasteiger partial charge in [-0.3, -0.25) is 4.79 Å². The van der Waals surface area contributed by atoms with E-state index in [1.165, 1.54) is 18.4 Å². The van der Waals surface area contributed by atoms with Gasteiger partial charge < -0.3 is 5.73 Å². The molecule has 1 radical (unpaired) electrons. The minimum atomic E-state index is -0.352. The van der Waals surface area contributed by atoms with Gasteiger partial charge in [0.1, 0.15) is 0 Å². The van der Waals surface area contributed by atoms with E-state index >= 15 is 0 Å². The minimum Gasteiger partial charge on any atom is -0.366 e. The number of hydrogen-bond donors (Lipinski definition) is 1. The van der Waals surface area contributed by atoms with Crippen LogP contribution in [0.3, 0.4) is 0 Å². The fourth-order valence-corrected chi connectivity index (χ4v) is 1.56. The van der Waals surface area contributed by atoms with Crippen molar-refractivity contribution in [2.75, 3.05) is 0 Å². The number of carbonyl (C=O) groups excluding carboxylic acids is 1. The SMILES string of the molecule is [CH2]CCCCCc1cccc(C(N)=O)c1. The number of amides is 1. The third-order valence-corrected chi connectivity index (χ3v) is 2.43. The second kappa shape index (κ2) is 6.23. The maximum absolute atomic E-state index is 10.9. The molecular weight excluding hydrogens is 186 g/mol. The molecular formula is C13H18NO. The van der Waals surface area contributed by atoms with E-state index in [9.17, 15) is 4.79 Å². The first-order valence-electron chi connectivity index (χ1n) is 5.42. The molecule has 0 atom stereocenters. The van der Waals surface area contributed by atoms with Crippen LogP contribution in [-0.4, -0.2) is 5.91 Å². The second-order valence-corrected chi connectivity index (χ2v) is 3.73. The highest BCUT2D eigenvalue weighted by Gasteiger charge is 2.00. The Hall–Kier alpha value is -1.31. The molecule has 1 rings (SSSR count). The van der Waals surface area contributed by atoms with Gasteiger partial charge in [-0.15, -0.1) is 0 Å². The Kier molecular flexibility index (Phi) is 4.88. The van der Waals surface area contributed by atoms with Crippen molar-refractivity contribution >= 4 is 5.91 Å². The summed E-state index contributed by atoms with van der Waals surface area (Å²) in [5, 5.41) is 0. The number of rotatable bonds is 6. The average molecular weight is 204 g/mol. The molecule has 2 heteroatoms. The molecule has 0 saturated heterocycles. The topological polar surface area (TPSA) is 43.1 Å². The van der Waals surface area contributed by atoms with Crippen molar-refractivity contribution in [2.24, 2.45) is 5.73 Å². The van der Waals surface area contributed by atoms with E-state index < -0.39 is 0 Å². The zero-order valence-electron chi connectivity index (χ0n) is 9.04. The van der Waals surface area contributed by atoms with Gasteiger partial charge in [0, 0.05) is 5.56 Å². The normalized spacial score (nSPS) is 10.2. The number of unbranched alkanes of at least 4 members (excludes halogenated alkanes) is 3. The summed E-state index contributed by atoms with van der Waals surface area (Å²) in [5.74, 6) is -0.352. The molecule has 0 aliphatic heterocycles. The van der Waals surface area contributed by atoms with Crippen LogP contribution in [0.4, 0.5) is 0 Å². The average Bonchev–Trinajstić information content (AvgIpc) is 2.25. The molecule has 15 heavy (non-hydrogen) atoms. The summed E-state index contributed by atoms with van der Waals surface area (Å²) in [6, 6.07) is 7.56. The Labute approximate surface area is 91.5 Å². The van der Waals surface area contributed by atoms with Crippen molar-refractivity contribution in [1.82, 2.24) is 0 Å². The predicted molar refractivity (Wildman–Crippen MR) is 62.5 cm³/mol. The first kappa shape index (κ1) is 11.8. The zero-order chi connectivity index (χ0) is 11.1. The van der Waals surface area contributed by atoms with Gasteiger partial charge >= 0.3 is 0 Å². The van der Waals surface area contributed by atoms with Gasteiger partial charge in [0.25, 0.3) is 0 Å². The molecule has 0 fully saturated rings. The van der Waals surface area contributed by atoms with Crippen molar-refractivity contribution in [3.63, 3.8) is 0 Å². The van der Waals surface area contributed by atoms with Gasteiger partial charge in [-0.2, -0.15) is 0 Å². The Morgan fingerprint density at radius 1 is 1.27 bits per heavy atom.